The summed E-state index contributed by atoms with van der Waals surface area (Å²) in [5.41, 5.74) is 1.49. The lowest BCUT2D eigenvalue weighted by molar-refractivity contribution is -0.144. The van der Waals surface area contributed by atoms with Gasteiger partial charge in [0.2, 0.25) is 5.91 Å². The maximum absolute atomic E-state index is 11.9. The molecule has 116 valence electrons. The van der Waals surface area contributed by atoms with Crippen LogP contribution in [0.3, 0.4) is 0 Å². The number of anilines is 1. The summed E-state index contributed by atoms with van der Waals surface area (Å²) in [5.74, 6) is -3.12. The molecule has 21 heavy (non-hydrogen) atoms. The Morgan fingerprint density at radius 2 is 2.00 bits per heavy atom. The summed E-state index contributed by atoms with van der Waals surface area (Å²) >= 11 is 0. The Labute approximate surface area is 124 Å². The van der Waals surface area contributed by atoms with Crippen LogP contribution in [0.1, 0.15) is 12.5 Å². The largest absolute Gasteiger partial charge is 0.469 e. The summed E-state index contributed by atoms with van der Waals surface area (Å²) in [4.78, 5) is 23.0. The molecule has 7 heteroatoms. The maximum Gasteiger partial charge on any atom is 0.309 e. The van der Waals surface area contributed by atoms with Crippen molar-refractivity contribution in [3.8, 4) is 0 Å². The molecule has 0 heterocycles. The fraction of sp³-hybridized carbons (Fsp3) is 0.429. The first-order chi connectivity index (χ1) is 9.73. The Hall–Kier alpha value is -1.89. The number of hydrogen-bond donors (Lipinski definition) is 1. The van der Waals surface area contributed by atoms with Gasteiger partial charge >= 0.3 is 5.97 Å². The second kappa shape index (κ2) is 7.21. The van der Waals surface area contributed by atoms with E-state index in [-0.39, 0.29) is 0 Å². The normalized spacial score (nSPS) is 12.5. The second-order valence-electron chi connectivity index (χ2n) is 4.90. The molecule has 0 aliphatic heterocycles. The molecule has 1 rings (SSSR count). The molecule has 1 amide bonds. The molecule has 0 aliphatic carbocycles. The number of benzene rings is 1. The molecular formula is C14H19NO5S. The molecule has 0 aromatic heterocycles. The lowest BCUT2D eigenvalue weighted by atomic mass is 10.2. The van der Waals surface area contributed by atoms with Gasteiger partial charge in [-0.05, 0) is 24.6 Å². The zero-order valence-corrected chi connectivity index (χ0v) is 13.1. The second-order valence-corrected chi connectivity index (χ2v) is 7.01. The van der Waals surface area contributed by atoms with Crippen LogP contribution in [0.2, 0.25) is 0 Å². The predicted octanol–water partition coefficient (Wildman–Crippen LogP) is 1.16. The molecule has 0 aliphatic rings. The van der Waals surface area contributed by atoms with Crippen LogP contribution >= 0.6 is 0 Å². The number of sulfone groups is 1. The third-order valence-electron chi connectivity index (χ3n) is 2.76. The zero-order valence-electron chi connectivity index (χ0n) is 12.3. The number of aryl methyl sites for hydroxylation is 1. The molecule has 0 saturated carbocycles. The van der Waals surface area contributed by atoms with Crippen LogP contribution in [0, 0.1) is 12.8 Å². The highest BCUT2D eigenvalue weighted by atomic mass is 32.2. The Morgan fingerprint density at radius 3 is 2.57 bits per heavy atom. The van der Waals surface area contributed by atoms with Gasteiger partial charge in [-0.3, -0.25) is 9.59 Å². The summed E-state index contributed by atoms with van der Waals surface area (Å²) in [6.07, 6.45) is 0. The highest BCUT2D eigenvalue weighted by molar-refractivity contribution is 7.92. The molecular weight excluding hydrogens is 294 g/mol. The number of nitrogens with one attached hydrogen (secondary N) is 1. The van der Waals surface area contributed by atoms with Gasteiger partial charge in [0.1, 0.15) is 5.75 Å². The predicted molar refractivity (Wildman–Crippen MR) is 79.6 cm³/mol. The van der Waals surface area contributed by atoms with E-state index in [1.54, 1.807) is 18.2 Å². The average Bonchev–Trinajstić information content (AvgIpc) is 2.36. The van der Waals surface area contributed by atoms with Gasteiger partial charge in [0, 0.05) is 5.69 Å². The summed E-state index contributed by atoms with van der Waals surface area (Å²) < 4.78 is 28.2. The van der Waals surface area contributed by atoms with Crippen molar-refractivity contribution in [1.29, 1.82) is 0 Å². The molecule has 1 N–H and O–H groups in total. The van der Waals surface area contributed by atoms with Crippen LogP contribution in [-0.4, -0.2) is 38.9 Å². The number of methoxy groups -OCH3 is 1. The van der Waals surface area contributed by atoms with E-state index < -0.39 is 39.1 Å². The summed E-state index contributed by atoms with van der Waals surface area (Å²) in [7, 11) is -2.49. The Kier molecular flexibility index (Phi) is 5.90. The topological polar surface area (TPSA) is 89.5 Å². The smallest absolute Gasteiger partial charge is 0.309 e. The molecule has 1 unspecified atom stereocenters. The first-order valence-electron chi connectivity index (χ1n) is 6.38. The lowest BCUT2D eigenvalue weighted by Crippen LogP contribution is -2.29. The summed E-state index contributed by atoms with van der Waals surface area (Å²) in [6, 6.07) is 7.04. The quantitative estimate of drug-likeness (QED) is 0.796. The Bertz CT molecular complexity index is 624. The van der Waals surface area contributed by atoms with Crippen LogP contribution in [-0.2, 0) is 24.2 Å². The summed E-state index contributed by atoms with van der Waals surface area (Å²) in [5, 5.41) is 2.52. The van der Waals surface area contributed by atoms with Gasteiger partial charge in [-0.15, -0.1) is 0 Å². The van der Waals surface area contributed by atoms with Crippen molar-refractivity contribution in [3.63, 3.8) is 0 Å². The number of carbonyl (C=O) groups excluding carboxylic acids is 2. The minimum Gasteiger partial charge on any atom is -0.469 e. The van der Waals surface area contributed by atoms with Gasteiger partial charge in [0.25, 0.3) is 0 Å². The number of ether oxygens (including phenoxy) is 1. The molecule has 0 fully saturated rings. The van der Waals surface area contributed by atoms with Crippen LogP contribution in [0.15, 0.2) is 24.3 Å². The van der Waals surface area contributed by atoms with Gasteiger partial charge in [-0.2, -0.15) is 0 Å². The molecule has 0 spiro atoms. The SMILES string of the molecule is COC(=O)C(C)CS(=O)(=O)CC(=O)Nc1cccc(C)c1. The number of esters is 1. The van der Waals surface area contributed by atoms with E-state index in [1.807, 2.05) is 13.0 Å². The zero-order chi connectivity index (χ0) is 16.0. The number of rotatable bonds is 6. The van der Waals surface area contributed by atoms with Gasteiger partial charge in [-0.1, -0.05) is 19.1 Å². The van der Waals surface area contributed by atoms with Crippen LogP contribution in [0.25, 0.3) is 0 Å². The van der Waals surface area contributed by atoms with Gasteiger partial charge < -0.3 is 10.1 Å². The van der Waals surface area contributed by atoms with E-state index in [9.17, 15) is 18.0 Å². The Morgan fingerprint density at radius 1 is 1.33 bits per heavy atom. The molecule has 0 bridgehead atoms. The Balaban J connectivity index is 2.63. The van der Waals surface area contributed by atoms with E-state index in [2.05, 4.69) is 10.1 Å². The van der Waals surface area contributed by atoms with Crippen molar-refractivity contribution < 1.29 is 22.7 Å². The van der Waals surface area contributed by atoms with E-state index in [0.29, 0.717) is 5.69 Å². The highest BCUT2D eigenvalue weighted by Gasteiger charge is 2.24. The van der Waals surface area contributed by atoms with Gasteiger partial charge in [0.15, 0.2) is 9.84 Å². The van der Waals surface area contributed by atoms with Crippen molar-refractivity contribution in [3.05, 3.63) is 29.8 Å². The fourth-order valence-electron chi connectivity index (χ4n) is 1.83. The van der Waals surface area contributed by atoms with Crippen molar-refractivity contribution in [2.75, 3.05) is 23.9 Å². The standard InChI is InChI=1S/C14H19NO5S/c1-10-5-4-6-12(7-10)15-13(16)9-21(18,19)8-11(2)14(17)20-3/h4-7,11H,8-9H2,1-3H3,(H,15,16). The monoisotopic (exact) mass is 313 g/mol. The van der Waals surface area contributed by atoms with E-state index in [0.717, 1.165) is 5.56 Å². The fourth-order valence-corrected chi connectivity index (χ4v) is 3.32. The minimum atomic E-state index is -3.68. The molecule has 0 radical (unpaired) electrons. The average molecular weight is 313 g/mol. The van der Waals surface area contributed by atoms with Crippen LogP contribution in [0.4, 0.5) is 5.69 Å². The molecule has 6 nitrogen and oxygen atoms in total. The van der Waals surface area contributed by atoms with Gasteiger partial charge in [-0.25, -0.2) is 8.42 Å². The molecule has 1 aromatic rings. The van der Waals surface area contributed by atoms with Crippen LogP contribution < -0.4 is 5.32 Å². The van der Waals surface area contributed by atoms with Crippen molar-refractivity contribution >= 4 is 27.4 Å². The maximum atomic E-state index is 11.9. The number of amides is 1. The summed E-state index contributed by atoms with van der Waals surface area (Å²) in [6.45, 7) is 3.31. The number of carbonyl (C=O) groups is 2. The lowest BCUT2D eigenvalue weighted by Gasteiger charge is -2.10. The van der Waals surface area contributed by atoms with E-state index >= 15 is 0 Å². The minimum absolute atomic E-state index is 0.416. The number of hydrogen-bond acceptors (Lipinski definition) is 5. The molecule has 0 saturated heterocycles. The van der Waals surface area contributed by atoms with Crippen LogP contribution in [0.5, 0.6) is 0 Å². The van der Waals surface area contributed by atoms with E-state index in [4.69, 9.17) is 0 Å². The van der Waals surface area contributed by atoms with Gasteiger partial charge in [0.05, 0.1) is 18.8 Å². The van der Waals surface area contributed by atoms with Crippen molar-refractivity contribution in [2.24, 2.45) is 5.92 Å². The molecule has 1 atom stereocenters. The third kappa shape index (κ3) is 5.95. The van der Waals surface area contributed by atoms with Crippen molar-refractivity contribution in [1.82, 2.24) is 0 Å². The van der Waals surface area contributed by atoms with Crippen molar-refractivity contribution in [2.45, 2.75) is 13.8 Å². The first kappa shape index (κ1) is 17.2. The molecule has 1 aromatic carbocycles. The third-order valence-corrected chi connectivity index (χ3v) is 4.47. The van der Waals surface area contributed by atoms with E-state index in [1.165, 1.54) is 14.0 Å². The first-order valence-corrected chi connectivity index (χ1v) is 8.20. The highest BCUT2D eigenvalue weighted by Crippen LogP contribution is 2.10.